The SMILES string of the molecule is C1=Cc2nc1cc1ccc([nH]1)c(-c1ccccc1)c1nc(c3c4[nH]c(cc4SC(c4ccccc4)=C3)c2-c2ccccc2)C=C1. The Kier molecular flexibility index (Phi) is 6.03. The van der Waals surface area contributed by atoms with E-state index in [-0.39, 0.29) is 0 Å². The number of rotatable bonds is 3. The molecule has 0 spiro atoms. The van der Waals surface area contributed by atoms with Crippen LogP contribution in [0.4, 0.5) is 0 Å². The van der Waals surface area contributed by atoms with E-state index in [2.05, 4.69) is 150 Å². The predicted molar refractivity (Wildman–Crippen MR) is 190 cm³/mol. The zero-order valence-electron chi connectivity index (χ0n) is 24.2. The average Bonchev–Trinajstić information content (AvgIpc) is 3.91. The number of hydrogen-bond donors (Lipinski definition) is 2. The van der Waals surface area contributed by atoms with Crippen LogP contribution in [0.5, 0.6) is 0 Å². The molecule has 0 saturated carbocycles. The highest BCUT2D eigenvalue weighted by Crippen LogP contribution is 2.46. The Morgan fingerprint density at radius 3 is 1.87 bits per heavy atom. The van der Waals surface area contributed by atoms with Crippen molar-refractivity contribution in [3.63, 3.8) is 0 Å². The molecule has 0 saturated heterocycles. The summed E-state index contributed by atoms with van der Waals surface area (Å²) in [6.07, 6.45) is 10.8. The molecule has 0 radical (unpaired) electrons. The van der Waals surface area contributed by atoms with Gasteiger partial charge in [0, 0.05) is 43.0 Å². The third kappa shape index (κ3) is 4.57. The number of hydrogen-bond acceptors (Lipinski definition) is 3. The first-order valence-electron chi connectivity index (χ1n) is 15.0. The van der Waals surface area contributed by atoms with Gasteiger partial charge in [0.05, 0.1) is 28.3 Å². The molecule has 3 aromatic carbocycles. The fourth-order valence-electron chi connectivity index (χ4n) is 6.29. The Morgan fingerprint density at radius 2 is 1.13 bits per heavy atom. The van der Waals surface area contributed by atoms with Gasteiger partial charge in [-0.3, -0.25) is 0 Å². The van der Waals surface area contributed by atoms with Gasteiger partial charge in [-0.1, -0.05) is 103 Å². The van der Waals surface area contributed by atoms with Crippen molar-refractivity contribution in [2.24, 2.45) is 0 Å². The molecule has 2 N–H and O–H groups in total. The second-order valence-electron chi connectivity index (χ2n) is 11.2. The van der Waals surface area contributed by atoms with Gasteiger partial charge in [-0.15, -0.1) is 0 Å². The van der Waals surface area contributed by atoms with E-state index < -0.39 is 0 Å². The second-order valence-corrected chi connectivity index (χ2v) is 12.3. The van der Waals surface area contributed by atoms with Crippen molar-refractivity contribution in [3.05, 3.63) is 149 Å². The number of nitrogens with one attached hydrogen (secondary N) is 2. The maximum Gasteiger partial charge on any atom is 0.0737 e. The van der Waals surface area contributed by atoms with E-state index in [4.69, 9.17) is 9.97 Å². The van der Waals surface area contributed by atoms with Crippen LogP contribution in [0, 0.1) is 0 Å². The number of nitrogens with zero attached hydrogens (tertiary/aromatic N) is 2. The normalized spacial score (nSPS) is 13.2. The van der Waals surface area contributed by atoms with Gasteiger partial charge in [0.25, 0.3) is 0 Å². The monoisotopic (exact) mass is 594 g/mol. The number of benzene rings is 3. The Hall–Kier alpha value is -5.65. The summed E-state index contributed by atoms with van der Waals surface area (Å²) in [5, 5.41) is 0. The van der Waals surface area contributed by atoms with E-state index >= 15 is 0 Å². The van der Waals surface area contributed by atoms with Crippen LogP contribution in [0.15, 0.2) is 120 Å². The Bertz CT molecular complexity index is 2380. The zero-order chi connectivity index (χ0) is 29.7. The maximum absolute atomic E-state index is 5.31. The molecule has 0 aliphatic carbocycles. The predicted octanol–water partition coefficient (Wildman–Crippen LogP) is 10.6. The number of aromatic amines is 2. The van der Waals surface area contributed by atoms with Gasteiger partial charge in [0.15, 0.2) is 0 Å². The standard InChI is InChI=1S/C40H26N4S/c1-4-10-25(11-5-1)36-23-30-31-20-21-34(43-31)38(26-12-6-2-7-13-26)32-18-16-28(41-32)22-29-17-19-33(42-29)39(27-14-8-3-9-15-27)35-24-37(45-36)40(30)44-35/h1-24,41,44H. The van der Waals surface area contributed by atoms with Crippen LogP contribution in [0.2, 0.25) is 0 Å². The molecule has 3 aliphatic rings. The summed E-state index contributed by atoms with van der Waals surface area (Å²) >= 11 is 1.79. The lowest BCUT2D eigenvalue weighted by Gasteiger charge is -2.13. The highest BCUT2D eigenvalue weighted by Gasteiger charge is 2.21. The first-order valence-corrected chi connectivity index (χ1v) is 15.8. The van der Waals surface area contributed by atoms with Gasteiger partial charge in [0.1, 0.15) is 0 Å². The van der Waals surface area contributed by atoms with Gasteiger partial charge in [0.2, 0.25) is 0 Å². The Labute approximate surface area is 264 Å². The van der Waals surface area contributed by atoms with Crippen molar-refractivity contribution in [1.29, 1.82) is 0 Å². The molecule has 212 valence electrons. The minimum atomic E-state index is 0.903. The lowest BCUT2D eigenvalue weighted by atomic mass is 10.0. The summed E-state index contributed by atoms with van der Waals surface area (Å²) in [4.78, 5) is 20.3. The van der Waals surface area contributed by atoms with Crippen LogP contribution in [-0.2, 0) is 0 Å². The molecule has 0 unspecified atom stereocenters. The van der Waals surface area contributed by atoms with Crippen LogP contribution in [0.25, 0.3) is 79.6 Å². The largest absolute Gasteiger partial charge is 0.355 e. The molecule has 6 aromatic rings. The second kappa shape index (κ2) is 10.5. The zero-order valence-corrected chi connectivity index (χ0v) is 25.0. The number of fused-ring (bicyclic) bond motifs is 8. The highest BCUT2D eigenvalue weighted by molar-refractivity contribution is 8.08. The molecule has 0 amide bonds. The topological polar surface area (TPSA) is 57.4 Å². The van der Waals surface area contributed by atoms with Crippen molar-refractivity contribution >= 4 is 69.1 Å². The van der Waals surface area contributed by atoms with E-state index in [1.165, 1.54) is 15.4 Å². The minimum absolute atomic E-state index is 0.903. The van der Waals surface area contributed by atoms with Crippen LogP contribution >= 0.6 is 11.8 Å². The van der Waals surface area contributed by atoms with Crippen LogP contribution < -0.4 is 0 Å². The Balaban J connectivity index is 1.43. The van der Waals surface area contributed by atoms with Crippen molar-refractivity contribution in [2.75, 3.05) is 0 Å². The fourth-order valence-corrected chi connectivity index (χ4v) is 7.40. The van der Waals surface area contributed by atoms with Gasteiger partial charge in [-0.05, 0) is 71.3 Å². The van der Waals surface area contributed by atoms with Crippen LogP contribution in [0.3, 0.4) is 0 Å². The molecule has 3 aliphatic heterocycles. The van der Waals surface area contributed by atoms with Gasteiger partial charge >= 0.3 is 0 Å². The van der Waals surface area contributed by atoms with E-state index in [0.717, 1.165) is 72.7 Å². The third-order valence-electron chi connectivity index (χ3n) is 8.37. The van der Waals surface area contributed by atoms with Crippen LogP contribution in [-0.4, -0.2) is 19.9 Å². The summed E-state index contributed by atoms with van der Waals surface area (Å²) in [6.45, 7) is 0. The minimum Gasteiger partial charge on any atom is -0.355 e. The number of aromatic nitrogens is 4. The quantitative estimate of drug-likeness (QED) is 0.214. The van der Waals surface area contributed by atoms with Crippen molar-refractivity contribution < 1.29 is 0 Å². The van der Waals surface area contributed by atoms with Gasteiger partial charge in [-0.25, -0.2) is 9.97 Å². The molecule has 0 fully saturated rings. The lowest BCUT2D eigenvalue weighted by molar-refractivity contribution is 1.30. The first kappa shape index (κ1) is 25.8. The van der Waals surface area contributed by atoms with E-state index in [0.29, 0.717) is 0 Å². The molecule has 5 heteroatoms. The molecule has 6 heterocycles. The fraction of sp³-hybridized carbons (Fsp3) is 0. The molecular formula is C40H26N4S. The van der Waals surface area contributed by atoms with Crippen molar-refractivity contribution in [2.45, 2.75) is 4.90 Å². The molecular weight excluding hydrogens is 569 g/mol. The molecule has 4 nitrogen and oxygen atoms in total. The summed E-state index contributed by atoms with van der Waals surface area (Å²) in [6, 6.07) is 40.2. The van der Waals surface area contributed by atoms with E-state index in [1.807, 2.05) is 6.07 Å². The Morgan fingerprint density at radius 1 is 0.511 bits per heavy atom. The summed E-state index contributed by atoms with van der Waals surface area (Å²) in [5.41, 5.74) is 14.4. The molecule has 8 bridgehead atoms. The summed E-state index contributed by atoms with van der Waals surface area (Å²) in [7, 11) is 0. The van der Waals surface area contributed by atoms with Crippen molar-refractivity contribution in [1.82, 2.24) is 19.9 Å². The summed E-state index contributed by atoms with van der Waals surface area (Å²) < 4.78 is 0. The van der Waals surface area contributed by atoms with Gasteiger partial charge in [-0.2, -0.15) is 0 Å². The number of H-pyrrole nitrogens is 2. The molecule has 0 atom stereocenters. The molecule has 3 aromatic heterocycles. The molecule has 45 heavy (non-hydrogen) atoms. The first-order chi connectivity index (χ1) is 22.3. The number of thioether (sulfide) groups is 1. The summed E-state index contributed by atoms with van der Waals surface area (Å²) in [5.74, 6) is 0. The van der Waals surface area contributed by atoms with E-state index in [1.54, 1.807) is 11.8 Å². The lowest BCUT2D eigenvalue weighted by Crippen LogP contribution is -1.91. The van der Waals surface area contributed by atoms with Crippen LogP contribution in [0.1, 0.15) is 33.9 Å². The van der Waals surface area contributed by atoms with E-state index in [9.17, 15) is 0 Å². The highest BCUT2D eigenvalue weighted by atomic mass is 32.2. The molecule has 9 rings (SSSR count). The van der Waals surface area contributed by atoms with Crippen molar-refractivity contribution in [3.8, 4) is 22.3 Å². The smallest absolute Gasteiger partial charge is 0.0737 e. The average molecular weight is 595 g/mol. The maximum atomic E-state index is 5.31. The third-order valence-corrected chi connectivity index (χ3v) is 9.49. The van der Waals surface area contributed by atoms with Gasteiger partial charge < -0.3 is 9.97 Å².